The minimum Gasteiger partial charge on any atom is -0.463 e. The summed E-state index contributed by atoms with van der Waals surface area (Å²) in [6.07, 6.45) is 22.3. The van der Waals surface area contributed by atoms with Gasteiger partial charge in [-0.1, -0.05) is 110 Å². The molecule has 182 valence electrons. The zero-order valence-electron chi connectivity index (χ0n) is 20.5. The fourth-order valence-corrected chi connectivity index (χ4v) is 3.82. The molecule has 1 heterocycles. The summed E-state index contributed by atoms with van der Waals surface area (Å²) in [6.45, 7) is 5.69. The highest BCUT2D eigenvalue weighted by Gasteiger charge is 2.34. The van der Waals surface area contributed by atoms with E-state index in [9.17, 15) is 4.79 Å². The van der Waals surface area contributed by atoms with Crippen molar-refractivity contribution in [1.82, 2.24) is 0 Å². The van der Waals surface area contributed by atoms with E-state index in [1.54, 1.807) is 0 Å². The summed E-state index contributed by atoms with van der Waals surface area (Å²) in [5.41, 5.74) is 0. The molecule has 6 heteroatoms. The van der Waals surface area contributed by atoms with E-state index < -0.39 is 7.32 Å². The van der Waals surface area contributed by atoms with Crippen LogP contribution in [0.3, 0.4) is 0 Å². The number of carbonyl (C=O) groups excluding carboxylic acids is 1. The number of rotatable bonds is 22. The van der Waals surface area contributed by atoms with E-state index in [4.69, 9.17) is 18.7 Å². The van der Waals surface area contributed by atoms with E-state index in [0.29, 0.717) is 19.6 Å². The molecule has 0 aromatic heterocycles. The second kappa shape index (κ2) is 21.3. The van der Waals surface area contributed by atoms with Crippen molar-refractivity contribution in [2.75, 3.05) is 19.8 Å². The molecule has 1 fully saturated rings. The van der Waals surface area contributed by atoms with Crippen LogP contribution in [0.15, 0.2) is 0 Å². The number of carbonyl (C=O) groups is 1. The third-order valence-corrected chi connectivity index (χ3v) is 5.89. The van der Waals surface area contributed by atoms with Crippen molar-refractivity contribution >= 4 is 13.3 Å². The number of unbranched alkanes of at least 4 members (excludes halogenated alkanes) is 15. The maximum atomic E-state index is 11.9. The average molecular weight is 440 g/mol. The van der Waals surface area contributed by atoms with Gasteiger partial charge in [-0.2, -0.15) is 0 Å². The molecule has 31 heavy (non-hydrogen) atoms. The molecule has 0 aliphatic carbocycles. The molecule has 0 aromatic carbocycles. The number of hydrogen-bond donors (Lipinski definition) is 0. The molecule has 1 aliphatic heterocycles. The van der Waals surface area contributed by atoms with Gasteiger partial charge in [0.15, 0.2) is 0 Å². The Morgan fingerprint density at radius 3 is 1.84 bits per heavy atom. The lowest BCUT2D eigenvalue weighted by Crippen LogP contribution is -2.25. The van der Waals surface area contributed by atoms with Crippen LogP contribution in [0.25, 0.3) is 0 Å². The Hall–Kier alpha value is -0.585. The van der Waals surface area contributed by atoms with Gasteiger partial charge < -0.3 is 18.7 Å². The van der Waals surface area contributed by atoms with Crippen LogP contribution in [0, 0.1) is 0 Å². The molecular weight excluding hydrogens is 391 g/mol. The maximum absolute atomic E-state index is 11.9. The van der Waals surface area contributed by atoms with E-state index in [0.717, 1.165) is 25.7 Å². The lowest BCUT2D eigenvalue weighted by Gasteiger charge is -2.10. The standard InChI is InChI=1S/C25H49BO5/c1-3-5-7-8-9-10-11-12-13-14-15-16-17-18-19-20-25(27)28-22-24-23-30-26(31-24)29-21-6-4-2/h24H,3-23H2,1-2H3. The van der Waals surface area contributed by atoms with Crippen molar-refractivity contribution in [3.05, 3.63) is 0 Å². The zero-order chi connectivity index (χ0) is 22.4. The molecule has 0 saturated carbocycles. The highest BCUT2D eigenvalue weighted by molar-refractivity contribution is 6.37. The fraction of sp³-hybridized carbons (Fsp3) is 0.960. The summed E-state index contributed by atoms with van der Waals surface area (Å²) in [7, 11) is -0.606. The molecule has 1 aliphatic rings. The Morgan fingerprint density at radius 2 is 1.29 bits per heavy atom. The van der Waals surface area contributed by atoms with E-state index in [2.05, 4.69) is 13.8 Å². The van der Waals surface area contributed by atoms with Gasteiger partial charge in [-0.05, 0) is 12.8 Å². The predicted molar refractivity (Wildman–Crippen MR) is 128 cm³/mol. The average Bonchev–Trinajstić information content (AvgIpc) is 3.23. The molecule has 1 unspecified atom stereocenters. The van der Waals surface area contributed by atoms with Gasteiger partial charge in [0, 0.05) is 13.0 Å². The van der Waals surface area contributed by atoms with Crippen molar-refractivity contribution in [1.29, 1.82) is 0 Å². The van der Waals surface area contributed by atoms with Crippen molar-refractivity contribution in [2.45, 2.75) is 136 Å². The lowest BCUT2D eigenvalue weighted by molar-refractivity contribution is -0.146. The zero-order valence-corrected chi connectivity index (χ0v) is 20.5. The largest absolute Gasteiger partial charge is 0.639 e. The van der Waals surface area contributed by atoms with E-state index in [1.165, 1.54) is 83.5 Å². The van der Waals surface area contributed by atoms with Gasteiger partial charge in [0.05, 0.1) is 6.61 Å². The molecule has 0 spiro atoms. The normalized spacial score (nSPS) is 16.2. The first-order valence-corrected chi connectivity index (χ1v) is 13.3. The SMILES string of the molecule is CCCCCCCCCCCCCCCCCC(=O)OCC1COB(OCCCC)O1. The Morgan fingerprint density at radius 1 is 0.774 bits per heavy atom. The Bertz CT molecular complexity index is 407. The highest BCUT2D eigenvalue weighted by atomic mass is 16.8. The van der Waals surface area contributed by atoms with E-state index >= 15 is 0 Å². The summed E-state index contributed by atoms with van der Waals surface area (Å²) in [5, 5.41) is 0. The van der Waals surface area contributed by atoms with Crippen molar-refractivity contribution < 1.29 is 23.5 Å². The number of ether oxygens (including phenoxy) is 1. The maximum Gasteiger partial charge on any atom is 0.639 e. The van der Waals surface area contributed by atoms with Crippen LogP contribution in [-0.4, -0.2) is 39.2 Å². The summed E-state index contributed by atoms with van der Waals surface area (Å²) in [5.74, 6) is -0.131. The second-order valence-corrected chi connectivity index (χ2v) is 8.99. The van der Waals surface area contributed by atoms with Gasteiger partial charge in [-0.3, -0.25) is 4.79 Å². The number of hydrogen-bond acceptors (Lipinski definition) is 5. The van der Waals surface area contributed by atoms with Crippen LogP contribution < -0.4 is 0 Å². The van der Waals surface area contributed by atoms with Gasteiger partial charge in [-0.25, -0.2) is 0 Å². The molecule has 1 rings (SSSR count). The van der Waals surface area contributed by atoms with Gasteiger partial charge in [0.1, 0.15) is 12.7 Å². The van der Waals surface area contributed by atoms with Crippen molar-refractivity contribution in [3.63, 3.8) is 0 Å². The quantitative estimate of drug-likeness (QED) is 0.103. The first-order chi connectivity index (χ1) is 15.3. The molecule has 1 atom stereocenters. The molecular formula is C25H49BO5. The smallest absolute Gasteiger partial charge is 0.463 e. The van der Waals surface area contributed by atoms with Crippen molar-refractivity contribution in [3.8, 4) is 0 Å². The molecule has 0 N–H and O–H groups in total. The van der Waals surface area contributed by atoms with Gasteiger partial charge >= 0.3 is 13.3 Å². The first-order valence-electron chi connectivity index (χ1n) is 13.3. The summed E-state index contributed by atoms with van der Waals surface area (Å²) in [6, 6.07) is 0. The second-order valence-electron chi connectivity index (χ2n) is 8.99. The van der Waals surface area contributed by atoms with Crippen LogP contribution >= 0.6 is 0 Å². The minimum absolute atomic E-state index is 0.131. The fourth-order valence-electron chi connectivity index (χ4n) is 3.82. The topological polar surface area (TPSA) is 54.0 Å². The van der Waals surface area contributed by atoms with E-state index in [-0.39, 0.29) is 18.7 Å². The van der Waals surface area contributed by atoms with Crippen LogP contribution in [0.2, 0.25) is 0 Å². The minimum atomic E-state index is -0.606. The van der Waals surface area contributed by atoms with Gasteiger partial charge in [0.2, 0.25) is 0 Å². The summed E-state index contributed by atoms with van der Waals surface area (Å²) >= 11 is 0. The molecule has 0 bridgehead atoms. The van der Waals surface area contributed by atoms with Gasteiger partial charge in [0.25, 0.3) is 0 Å². The van der Waals surface area contributed by atoms with Crippen LogP contribution in [-0.2, 0) is 23.5 Å². The molecule has 0 radical (unpaired) electrons. The Kier molecular flexibility index (Phi) is 19.5. The van der Waals surface area contributed by atoms with Crippen LogP contribution in [0.4, 0.5) is 0 Å². The third-order valence-electron chi connectivity index (χ3n) is 5.89. The lowest BCUT2D eigenvalue weighted by atomic mass is 10.0. The molecule has 5 nitrogen and oxygen atoms in total. The van der Waals surface area contributed by atoms with E-state index in [1.807, 2.05) is 0 Å². The molecule has 0 amide bonds. The predicted octanol–water partition coefficient (Wildman–Crippen LogP) is 7.01. The summed E-state index contributed by atoms with van der Waals surface area (Å²) < 4.78 is 21.7. The van der Waals surface area contributed by atoms with Gasteiger partial charge in [-0.15, -0.1) is 0 Å². The van der Waals surface area contributed by atoms with Crippen molar-refractivity contribution in [2.24, 2.45) is 0 Å². The number of esters is 1. The Labute approximate surface area is 192 Å². The summed E-state index contributed by atoms with van der Waals surface area (Å²) in [4.78, 5) is 11.9. The highest BCUT2D eigenvalue weighted by Crippen LogP contribution is 2.14. The van der Waals surface area contributed by atoms with Crippen LogP contribution in [0.5, 0.6) is 0 Å². The monoisotopic (exact) mass is 440 g/mol. The van der Waals surface area contributed by atoms with Crippen LogP contribution in [0.1, 0.15) is 129 Å². The Balaban J connectivity index is 1.79. The molecule has 1 saturated heterocycles. The third kappa shape index (κ3) is 17.6. The first kappa shape index (κ1) is 28.4. The molecule has 0 aromatic rings.